The molecule has 1 aromatic heterocycles. The lowest BCUT2D eigenvalue weighted by Crippen LogP contribution is -2.38. The number of benzene rings is 1. The van der Waals surface area contributed by atoms with Gasteiger partial charge in [-0.2, -0.15) is 0 Å². The molecule has 3 heterocycles. The van der Waals surface area contributed by atoms with Crippen molar-refractivity contribution in [3.05, 3.63) is 69.3 Å². The predicted octanol–water partition coefficient (Wildman–Crippen LogP) is 3.54. The highest BCUT2D eigenvalue weighted by Crippen LogP contribution is 2.39. The Kier molecular flexibility index (Phi) is 8.67. The van der Waals surface area contributed by atoms with Crippen LogP contribution in [0.1, 0.15) is 5.69 Å². The second kappa shape index (κ2) is 12.3. The minimum absolute atomic E-state index is 0.0948. The van der Waals surface area contributed by atoms with Gasteiger partial charge in [0.15, 0.2) is 0 Å². The van der Waals surface area contributed by atoms with Crippen molar-refractivity contribution in [1.29, 1.82) is 5.41 Å². The third-order valence-electron chi connectivity index (χ3n) is 5.64. The van der Waals surface area contributed by atoms with Gasteiger partial charge in [-0.1, -0.05) is 17.7 Å². The fourth-order valence-electron chi connectivity index (χ4n) is 3.76. The highest BCUT2D eigenvalue weighted by atomic mass is 35.5. The molecule has 0 unspecified atom stereocenters. The van der Waals surface area contributed by atoms with E-state index >= 15 is 0 Å². The van der Waals surface area contributed by atoms with Crippen molar-refractivity contribution < 1.29 is 19.1 Å². The molecule has 194 valence electrons. The summed E-state index contributed by atoms with van der Waals surface area (Å²) in [6.45, 7) is 3.80. The summed E-state index contributed by atoms with van der Waals surface area (Å²) in [6, 6.07) is 2.78. The lowest BCUT2D eigenvalue weighted by molar-refractivity contribution is -0.385. The van der Waals surface area contributed by atoms with Crippen molar-refractivity contribution in [3.8, 4) is 11.5 Å². The van der Waals surface area contributed by atoms with Crippen molar-refractivity contribution in [3.63, 3.8) is 0 Å². The van der Waals surface area contributed by atoms with Gasteiger partial charge >= 0.3 is 5.69 Å². The third-order valence-corrected chi connectivity index (χ3v) is 5.91. The van der Waals surface area contributed by atoms with Crippen molar-refractivity contribution in [2.75, 3.05) is 51.9 Å². The lowest BCUT2D eigenvalue weighted by Gasteiger charge is -2.26. The zero-order valence-electron chi connectivity index (χ0n) is 20.1. The van der Waals surface area contributed by atoms with Crippen LogP contribution in [-0.2, 0) is 4.74 Å². The first-order valence-electron chi connectivity index (χ1n) is 11.4. The number of ether oxygens (including phenoxy) is 3. The summed E-state index contributed by atoms with van der Waals surface area (Å²) in [7, 11) is 1.45. The van der Waals surface area contributed by atoms with E-state index in [1.807, 2.05) is 12.2 Å². The maximum Gasteiger partial charge on any atom is 0.313 e. The molecule has 3 N–H and O–H groups in total. The highest BCUT2D eigenvalue weighted by Gasteiger charge is 2.22. The van der Waals surface area contributed by atoms with E-state index in [-0.39, 0.29) is 34.7 Å². The van der Waals surface area contributed by atoms with Gasteiger partial charge in [-0.3, -0.25) is 15.0 Å². The van der Waals surface area contributed by atoms with E-state index in [1.54, 1.807) is 12.3 Å². The molecule has 1 fully saturated rings. The number of anilines is 2. The smallest absolute Gasteiger partial charge is 0.313 e. The normalized spacial score (nSPS) is 16.6. The molecule has 0 spiro atoms. The van der Waals surface area contributed by atoms with Crippen LogP contribution in [-0.4, -0.2) is 72.6 Å². The van der Waals surface area contributed by atoms with Gasteiger partial charge in [0.2, 0.25) is 11.7 Å². The van der Waals surface area contributed by atoms with Crippen LogP contribution in [0.25, 0.3) is 5.57 Å². The van der Waals surface area contributed by atoms with Gasteiger partial charge < -0.3 is 30.3 Å². The molecule has 2 aliphatic heterocycles. The number of rotatable bonds is 10. The van der Waals surface area contributed by atoms with Gasteiger partial charge in [0.25, 0.3) is 0 Å². The zero-order valence-corrected chi connectivity index (χ0v) is 20.8. The molecule has 1 aromatic carbocycles. The van der Waals surface area contributed by atoms with Crippen LogP contribution >= 0.6 is 11.6 Å². The molecule has 4 rings (SSSR count). The van der Waals surface area contributed by atoms with Gasteiger partial charge in [-0.25, -0.2) is 9.97 Å². The fraction of sp³-hybridized carbons (Fsp3) is 0.292. The van der Waals surface area contributed by atoms with Crippen molar-refractivity contribution in [2.45, 2.75) is 0 Å². The molecular formula is C24H26ClN7O5. The largest absolute Gasteiger partial charge is 0.494 e. The molecule has 1 saturated heterocycles. The third kappa shape index (κ3) is 6.42. The molecule has 37 heavy (non-hydrogen) atoms. The van der Waals surface area contributed by atoms with E-state index in [1.165, 1.54) is 25.4 Å². The number of halogens is 1. The Labute approximate surface area is 218 Å². The number of nitrogens with zero attached hydrogens (tertiary/aromatic N) is 4. The molecule has 2 aliphatic rings. The maximum atomic E-state index is 11.8. The van der Waals surface area contributed by atoms with Gasteiger partial charge in [0.1, 0.15) is 12.4 Å². The molecule has 0 bridgehead atoms. The second-order valence-electron chi connectivity index (χ2n) is 7.93. The summed E-state index contributed by atoms with van der Waals surface area (Å²) in [5.41, 5.74) is 1.43. The quantitative estimate of drug-likeness (QED) is 0.238. The number of methoxy groups -OCH3 is 1. The molecule has 0 radical (unpaired) electrons. The molecule has 0 saturated carbocycles. The number of aromatic nitrogens is 2. The van der Waals surface area contributed by atoms with Crippen LogP contribution in [0.5, 0.6) is 11.5 Å². The van der Waals surface area contributed by atoms with Gasteiger partial charge in [-0.15, -0.1) is 0 Å². The first-order chi connectivity index (χ1) is 18.0. The average molecular weight is 528 g/mol. The zero-order chi connectivity index (χ0) is 26.2. The number of nitro groups is 1. The Morgan fingerprint density at radius 2 is 2.16 bits per heavy atom. The Bertz CT molecular complexity index is 1260. The number of hydrogen-bond donors (Lipinski definition) is 3. The van der Waals surface area contributed by atoms with E-state index in [9.17, 15) is 10.1 Å². The minimum atomic E-state index is -0.519. The summed E-state index contributed by atoms with van der Waals surface area (Å²) < 4.78 is 16.6. The van der Waals surface area contributed by atoms with Gasteiger partial charge in [-0.05, 0) is 12.2 Å². The van der Waals surface area contributed by atoms with E-state index < -0.39 is 4.92 Å². The van der Waals surface area contributed by atoms with Gasteiger partial charge in [0.05, 0.1) is 47.8 Å². The lowest BCUT2D eigenvalue weighted by atomic mass is 10.1. The van der Waals surface area contributed by atoms with Crippen molar-refractivity contribution >= 4 is 40.7 Å². The summed E-state index contributed by atoms with van der Waals surface area (Å²) in [6.07, 6.45) is 9.67. The minimum Gasteiger partial charge on any atom is -0.494 e. The van der Waals surface area contributed by atoms with Crippen LogP contribution in [0.2, 0.25) is 5.02 Å². The van der Waals surface area contributed by atoms with Crippen LogP contribution < -0.4 is 20.1 Å². The maximum absolute atomic E-state index is 11.8. The number of allylic oxidation sites excluding steroid dienone is 4. The Morgan fingerprint density at radius 3 is 2.84 bits per heavy atom. The van der Waals surface area contributed by atoms with Gasteiger partial charge in [0, 0.05) is 55.5 Å². The second-order valence-corrected chi connectivity index (χ2v) is 8.34. The van der Waals surface area contributed by atoms with Crippen molar-refractivity contribution in [2.24, 2.45) is 0 Å². The molecule has 0 atom stereocenters. The summed E-state index contributed by atoms with van der Waals surface area (Å²) in [5, 5.41) is 25.9. The van der Waals surface area contributed by atoms with Crippen LogP contribution in [0.3, 0.4) is 0 Å². The number of nitro benzene ring substituents is 1. The Morgan fingerprint density at radius 1 is 1.35 bits per heavy atom. The van der Waals surface area contributed by atoms with Crippen LogP contribution in [0, 0.1) is 15.5 Å². The van der Waals surface area contributed by atoms with Crippen LogP contribution in [0.15, 0.2) is 48.5 Å². The standard InChI is InChI=1S/C24H26ClN7O5/c1-35-21-13-22(37-11-8-31-6-9-36-10-7-31)20(32(33)34)12-19(21)29-24-28-15-17(25)23(30-24)16(14-26)18-4-2-3-5-27-18/h2-5,12-15,26-27H,6-11H2,1H3,(H,28,29,30)/b18-16+,26-14?. The SMILES string of the molecule is COc1cc(OCCN2CCOCC2)c([N+](=O)[O-])cc1Nc1ncc(Cl)c(/C(C=N)=C2\C=CC=CN2)n1. The molecule has 0 amide bonds. The molecule has 12 nitrogen and oxygen atoms in total. The number of nitrogens with one attached hydrogen (secondary N) is 3. The number of hydrogen-bond acceptors (Lipinski definition) is 11. The Balaban J connectivity index is 1.59. The fourth-order valence-corrected chi connectivity index (χ4v) is 3.95. The summed E-state index contributed by atoms with van der Waals surface area (Å²) in [4.78, 5) is 22.1. The highest BCUT2D eigenvalue weighted by molar-refractivity contribution is 6.33. The van der Waals surface area contributed by atoms with Crippen LogP contribution in [0.4, 0.5) is 17.3 Å². The summed E-state index contributed by atoms with van der Waals surface area (Å²) in [5.74, 6) is 0.514. The molecular weight excluding hydrogens is 502 g/mol. The molecule has 0 aliphatic carbocycles. The molecule has 2 aromatic rings. The monoisotopic (exact) mass is 527 g/mol. The first-order valence-corrected chi connectivity index (χ1v) is 11.8. The van der Waals surface area contributed by atoms with E-state index in [0.29, 0.717) is 42.5 Å². The van der Waals surface area contributed by atoms with E-state index in [2.05, 4.69) is 25.5 Å². The Hall–Kier alpha value is -4.00. The van der Waals surface area contributed by atoms with E-state index in [4.69, 9.17) is 31.2 Å². The summed E-state index contributed by atoms with van der Waals surface area (Å²) >= 11 is 6.34. The predicted molar refractivity (Wildman–Crippen MR) is 140 cm³/mol. The number of morpholine rings is 1. The van der Waals surface area contributed by atoms with Crippen molar-refractivity contribution in [1.82, 2.24) is 20.2 Å². The number of dihydropyridines is 1. The topological polar surface area (TPSA) is 148 Å². The van der Waals surface area contributed by atoms with E-state index in [0.717, 1.165) is 19.3 Å². The average Bonchev–Trinajstić information content (AvgIpc) is 2.92. The molecule has 13 heteroatoms. The first kappa shape index (κ1) is 26.1.